The van der Waals surface area contributed by atoms with Crippen molar-refractivity contribution in [2.24, 2.45) is 0 Å². The average molecular weight is 582 g/mol. The minimum absolute atomic E-state index is 0.0527. The number of rotatable bonds is 5. The normalized spacial score (nSPS) is 17.6. The molecule has 4 aromatic rings. The summed E-state index contributed by atoms with van der Waals surface area (Å²) in [7, 11) is 0. The van der Waals surface area contributed by atoms with Crippen molar-refractivity contribution in [3.63, 3.8) is 0 Å². The van der Waals surface area contributed by atoms with Crippen LogP contribution in [0.1, 0.15) is 17.5 Å². The first-order chi connectivity index (χ1) is 18.1. The standard InChI is InChI=1S/C22H12ClF8N5O3/c23-13-4-10(21(26,27)28)6-36-7-14(33-17(13)36)16-34-18(39-35-16)9-1-2-15(12(3-9)22(29,30)31)38-8-11-5-20(24,25)19(37)32-11/h1-4,6-7,11H,5,8H2,(H,32,37)/t11-/m1/s1. The molecule has 3 aromatic heterocycles. The maximum atomic E-state index is 13.7. The number of benzene rings is 1. The van der Waals surface area contributed by atoms with Crippen molar-refractivity contribution in [2.75, 3.05) is 6.61 Å². The van der Waals surface area contributed by atoms with Gasteiger partial charge in [-0.1, -0.05) is 16.8 Å². The summed E-state index contributed by atoms with van der Waals surface area (Å²) in [6.45, 7) is -0.638. The summed E-state index contributed by atoms with van der Waals surface area (Å²) in [6.07, 6.45) is -8.67. The van der Waals surface area contributed by atoms with Gasteiger partial charge in [0.1, 0.15) is 18.1 Å². The molecule has 17 heteroatoms. The number of halogens is 9. The van der Waals surface area contributed by atoms with E-state index in [9.17, 15) is 39.9 Å². The highest BCUT2D eigenvalue weighted by Gasteiger charge is 2.48. The molecule has 0 aliphatic carbocycles. The number of hydrogen-bond acceptors (Lipinski definition) is 6. The number of ether oxygens (including phenoxy) is 1. The van der Waals surface area contributed by atoms with Crippen molar-refractivity contribution in [1.82, 2.24) is 24.8 Å². The lowest BCUT2D eigenvalue weighted by Gasteiger charge is -2.17. The van der Waals surface area contributed by atoms with E-state index < -0.39 is 60.1 Å². The predicted molar refractivity (Wildman–Crippen MR) is 116 cm³/mol. The van der Waals surface area contributed by atoms with Crippen LogP contribution < -0.4 is 10.1 Å². The fourth-order valence-electron chi connectivity index (χ4n) is 3.81. The summed E-state index contributed by atoms with van der Waals surface area (Å²) in [5.41, 5.74) is -2.64. The van der Waals surface area contributed by atoms with Gasteiger partial charge in [0, 0.05) is 24.4 Å². The largest absolute Gasteiger partial charge is 0.491 e. The van der Waals surface area contributed by atoms with E-state index in [1.165, 1.54) is 0 Å². The van der Waals surface area contributed by atoms with Crippen molar-refractivity contribution in [2.45, 2.75) is 30.7 Å². The Balaban J connectivity index is 1.41. The minimum atomic E-state index is -4.94. The third-order valence-electron chi connectivity index (χ3n) is 5.63. The maximum Gasteiger partial charge on any atom is 0.419 e. The molecule has 0 saturated carbocycles. The lowest BCUT2D eigenvalue weighted by Crippen LogP contribution is -2.33. The highest BCUT2D eigenvalue weighted by Crippen LogP contribution is 2.39. The van der Waals surface area contributed by atoms with Crippen LogP contribution in [0.3, 0.4) is 0 Å². The third kappa shape index (κ3) is 5.20. The first-order valence-electron chi connectivity index (χ1n) is 10.7. The lowest BCUT2D eigenvalue weighted by atomic mass is 10.1. The zero-order chi connectivity index (χ0) is 28.3. The van der Waals surface area contributed by atoms with E-state index in [2.05, 4.69) is 15.1 Å². The van der Waals surface area contributed by atoms with Gasteiger partial charge in [-0.25, -0.2) is 4.98 Å². The van der Waals surface area contributed by atoms with Gasteiger partial charge in [0.15, 0.2) is 5.65 Å². The van der Waals surface area contributed by atoms with E-state index in [1.54, 1.807) is 0 Å². The van der Waals surface area contributed by atoms with E-state index in [-0.39, 0.29) is 33.6 Å². The van der Waals surface area contributed by atoms with Crippen molar-refractivity contribution in [3.8, 4) is 28.7 Å². The Morgan fingerprint density at radius 3 is 2.49 bits per heavy atom. The summed E-state index contributed by atoms with van der Waals surface area (Å²) in [5, 5.41) is 5.27. The number of hydrogen-bond donors (Lipinski definition) is 1. The predicted octanol–water partition coefficient (Wildman–Crippen LogP) is 5.64. The number of imidazole rings is 1. The Labute approximate surface area is 216 Å². The fraction of sp³-hybridized carbons (Fsp3) is 0.273. The maximum absolute atomic E-state index is 13.7. The van der Waals surface area contributed by atoms with Crippen LogP contribution in [0.25, 0.3) is 28.6 Å². The van der Waals surface area contributed by atoms with E-state index in [0.717, 1.165) is 28.9 Å². The van der Waals surface area contributed by atoms with Crippen LogP contribution in [0, 0.1) is 0 Å². The molecule has 39 heavy (non-hydrogen) atoms. The van der Waals surface area contributed by atoms with Crippen LogP contribution in [0.5, 0.6) is 5.75 Å². The number of carbonyl (C=O) groups is 1. The molecule has 1 N–H and O–H groups in total. The van der Waals surface area contributed by atoms with Gasteiger partial charge in [-0.2, -0.15) is 40.1 Å². The van der Waals surface area contributed by atoms with Crippen molar-refractivity contribution in [1.29, 1.82) is 0 Å². The highest BCUT2D eigenvalue weighted by atomic mass is 35.5. The molecular formula is C22H12ClF8N5O3. The Morgan fingerprint density at radius 1 is 1.10 bits per heavy atom. The molecule has 1 fully saturated rings. The number of amides is 1. The summed E-state index contributed by atoms with van der Waals surface area (Å²) in [4.78, 5) is 19.2. The molecular weight excluding hydrogens is 570 g/mol. The molecule has 0 unspecified atom stereocenters. The minimum Gasteiger partial charge on any atom is -0.491 e. The summed E-state index contributed by atoms with van der Waals surface area (Å²) in [5.74, 6) is -6.50. The summed E-state index contributed by atoms with van der Waals surface area (Å²) < 4.78 is 118. The number of fused-ring (bicyclic) bond motifs is 1. The van der Waals surface area contributed by atoms with Crippen LogP contribution in [-0.4, -0.2) is 44.0 Å². The zero-order valence-corrected chi connectivity index (χ0v) is 19.6. The highest BCUT2D eigenvalue weighted by molar-refractivity contribution is 6.33. The Morgan fingerprint density at radius 2 is 1.85 bits per heavy atom. The topological polar surface area (TPSA) is 94.5 Å². The van der Waals surface area contributed by atoms with Crippen LogP contribution in [0.2, 0.25) is 5.02 Å². The van der Waals surface area contributed by atoms with Crippen LogP contribution in [0.15, 0.2) is 41.2 Å². The second kappa shape index (κ2) is 9.07. The number of pyridine rings is 1. The summed E-state index contributed by atoms with van der Waals surface area (Å²) in [6, 6.07) is 2.17. The van der Waals surface area contributed by atoms with E-state index >= 15 is 0 Å². The molecule has 1 atom stereocenters. The summed E-state index contributed by atoms with van der Waals surface area (Å²) >= 11 is 5.91. The quantitative estimate of drug-likeness (QED) is 0.306. The van der Waals surface area contributed by atoms with E-state index in [4.69, 9.17) is 20.9 Å². The first-order valence-corrected chi connectivity index (χ1v) is 11.1. The number of nitrogens with one attached hydrogen (secondary N) is 1. The second-order valence-corrected chi connectivity index (χ2v) is 8.86. The molecule has 8 nitrogen and oxygen atoms in total. The van der Waals surface area contributed by atoms with Crippen molar-refractivity contribution in [3.05, 3.63) is 52.8 Å². The molecule has 1 aromatic carbocycles. The van der Waals surface area contributed by atoms with Gasteiger partial charge in [0.2, 0.25) is 5.82 Å². The molecule has 0 bridgehead atoms. The average Bonchev–Trinajstić information content (AvgIpc) is 3.54. The number of alkyl halides is 8. The van der Waals surface area contributed by atoms with Gasteiger partial charge in [0.25, 0.3) is 11.8 Å². The Kier molecular flexibility index (Phi) is 6.19. The first kappa shape index (κ1) is 26.6. The lowest BCUT2D eigenvalue weighted by molar-refractivity contribution is -0.140. The van der Waals surface area contributed by atoms with Gasteiger partial charge in [-0.05, 0) is 24.3 Å². The molecule has 1 aliphatic rings. The molecule has 0 spiro atoms. The molecule has 1 saturated heterocycles. The van der Waals surface area contributed by atoms with E-state index in [1.807, 2.05) is 5.32 Å². The molecule has 4 heterocycles. The van der Waals surface area contributed by atoms with Crippen LogP contribution in [0.4, 0.5) is 35.1 Å². The van der Waals surface area contributed by atoms with Gasteiger partial charge < -0.3 is 19.0 Å². The van der Waals surface area contributed by atoms with Crippen LogP contribution in [-0.2, 0) is 17.1 Å². The van der Waals surface area contributed by atoms with Gasteiger partial charge in [-0.15, -0.1) is 0 Å². The van der Waals surface area contributed by atoms with Gasteiger partial charge in [-0.3, -0.25) is 4.79 Å². The Bertz CT molecular complexity index is 1580. The SMILES string of the molecule is O=C1N[C@@H](COc2ccc(-c3nc(-c4cn5cc(C(F)(F)F)cc(Cl)c5n4)no3)cc2C(F)(F)F)CC1(F)F. The van der Waals surface area contributed by atoms with E-state index in [0.29, 0.717) is 12.1 Å². The fourth-order valence-corrected chi connectivity index (χ4v) is 4.07. The van der Waals surface area contributed by atoms with Crippen molar-refractivity contribution >= 4 is 23.2 Å². The molecule has 0 radical (unpaired) electrons. The molecule has 1 amide bonds. The zero-order valence-electron chi connectivity index (χ0n) is 18.9. The smallest absolute Gasteiger partial charge is 0.419 e. The monoisotopic (exact) mass is 581 g/mol. The van der Waals surface area contributed by atoms with Gasteiger partial charge in [0.05, 0.1) is 22.2 Å². The van der Waals surface area contributed by atoms with Crippen molar-refractivity contribution < 1.29 is 49.2 Å². The molecule has 5 rings (SSSR count). The Hall–Kier alpha value is -3.95. The van der Waals surface area contributed by atoms with Gasteiger partial charge >= 0.3 is 18.3 Å². The second-order valence-electron chi connectivity index (χ2n) is 8.45. The number of nitrogens with zero attached hydrogens (tertiary/aromatic N) is 4. The number of carbonyl (C=O) groups excluding carboxylic acids is 1. The number of aromatic nitrogens is 4. The molecule has 1 aliphatic heterocycles. The molecule has 206 valence electrons. The third-order valence-corrected chi connectivity index (χ3v) is 5.91. The van der Waals surface area contributed by atoms with Crippen LogP contribution >= 0.6 is 11.6 Å².